The first-order valence-electron chi connectivity index (χ1n) is 10.7. The lowest BCUT2D eigenvalue weighted by atomic mass is 9.86. The zero-order valence-electron chi connectivity index (χ0n) is 17.4. The second kappa shape index (κ2) is 8.49. The van der Waals surface area contributed by atoms with Crippen LogP contribution in [0.1, 0.15) is 38.2 Å². The van der Waals surface area contributed by atoms with E-state index >= 15 is 0 Å². The number of piperidine rings is 1. The molecule has 4 rings (SSSR count). The highest BCUT2D eigenvalue weighted by molar-refractivity contribution is 5.85. The fraction of sp³-hybridized carbons (Fsp3) is 0.522. The fourth-order valence-electron chi connectivity index (χ4n) is 4.76. The molecule has 1 atom stereocenters. The minimum absolute atomic E-state index is 0.0939. The quantitative estimate of drug-likeness (QED) is 0.803. The summed E-state index contributed by atoms with van der Waals surface area (Å²) in [5.41, 5.74) is 1.41. The Bertz CT molecular complexity index is 878. The van der Waals surface area contributed by atoms with Crippen LogP contribution in [0.2, 0.25) is 0 Å². The Morgan fingerprint density at radius 3 is 2.38 bits per heavy atom. The molecule has 2 aromatic rings. The van der Waals surface area contributed by atoms with Crippen LogP contribution < -0.4 is 0 Å². The molecule has 1 aromatic heterocycles. The van der Waals surface area contributed by atoms with Gasteiger partial charge in [-0.15, -0.1) is 0 Å². The normalized spacial score (nSPS) is 20.1. The number of carbonyl (C=O) groups excluding carboxylic acids is 2. The average Bonchev–Trinajstić information content (AvgIpc) is 2.78. The smallest absolute Gasteiger partial charge is 0.239 e. The van der Waals surface area contributed by atoms with Crippen LogP contribution in [0.25, 0.3) is 10.8 Å². The maximum atomic E-state index is 13.0. The number of rotatable bonds is 3. The van der Waals surface area contributed by atoms with E-state index in [0.29, 0.717) is 32.1 Å². The number of hydrogen-bond donors (Lipinski definition) is 0. The molecule has 6 heteroatoms. The summed E-state index contributed by atoms with van der Waals surface area (Å²) in [7, 11) is 0. The first kappa shape index (κ1) is 19.8. The van der Waals surface area contributed by atoms with Gasteiger partial charge in [0.1, 0.15) is 0 Å². The van der Waals surface area contributed by atoms with Gasteiger partial charge in [0.15, 0.2) is 0 Å². The predicted octanol–water partition coefficient (Wildman–Crippen LogP) is 2.49. The van der Waals surface area contributed by atoms with Gasteiger partial charge in [-0.05, 0) is 55.8 Å². The summed E-state index contributed by atoms with van der Waals surface area (Å²) in [5.74, 6) is 0.818. The van der Waals surface area contributed by atoms with Crippen molar-refractivity contribution < 1.29 is 9.59 Å². The van der Waals surface area contributed by atoms with Crippen LogP contribution in [-0.4, -0.2) is 76.8 Å². The van der Waals surface area contributed by atoms with E-state index in [2.05, 4.69) is 34.1 Å². The third-order valence-corrected chi connectivity index (χ3v) is 6.63. The van der Waals surface area contributed by atoms with Gasteiger partial charge in [-0.3, -0.25) is 19.5 Å². The van der Waals surface area contributed by atoms with Crippen molar-refractivity contribution in [2.45, 2.75) is 38.6 Å². The van der Waals surface area contributed by atoms with Gasteiger partial charge in [0.05, 0.1) is 6.04 Å². The molecule has 2 aliphatic rings. The van der Waals surface area contributed by atoms with Crippen LogP contribution in [0.15, 0.2) is 36.7 Å². The molecule has 2 amide bonds. The van der Waals surface area contributed by atoms with Crippen molar-refractivity contribution >= 4 is 22.6 Å². The number of piperazine rings is 1. The summed E-state index contributed by atoms with van der Waals surface area (Å²) in [6.07, 6.45) is 5.93. The molecule has 29 heavy (non-hydrogen) atoms. The van der Waals surface area contributed by atoms with Crippen LogP contribution in [0.3, 0.4) is 0 Å². The Morgan fingerprint density at radius 2 is 1.69 bits per heavy atom. The van der Waals surface area contributed by atoms with Crippen molar-refractivity contribution in [2.24, 2.45) is 0 Å². The first-order chi connectivity index (χ1) is 14.0. The minimum Gasteiger partial charge on any atom is -0.339 e. The van der Waals surface area contributed by atoms with E-state index in [1.54, 1.807) is 6.92 Å². The summed E-state index contributed by atoms with van der Waals surface area (Å²) < 4.78 is 0. The molecule has 0 radical (unpaired) electrons. The van der Waals surface area contributed by atoms with Gasteiger partial charge in [0, 0.05) is 50.9 Å². The van der Waals surface area contributed by atoms with Crippen LogP contribution in [0.5, 0.6) is 0 Å². The second-order valence-electron chi connectivity index (χ2n) is 8.26. The summed E-state index contributed by atoms with van der Waals surface area (Å²) in [5, 5.41) is 2.49. The molecule has 154 valence electrons. The van der Waals surface area contributed by atoms with Gasteiger partial charge in [-0.2, -0.15) is 0 Å². The highest BCUT2D eigenvalue weighted by Crippen LogP contribution is 2.33. The van der Waals surface area contributed by atoms with Gasteiger partial charge in [-0.1, -0.05) is 18.2 Å². The molecule has 6 nitrogen and oxygen atoms in total. The monoisotopic (exact) mass is 394 g/mol. The molecule has 0 saturated carbocycles. The molecule has 0 spiro atoms. The number of carbonyl (C=O) groups is 2. The SMILES string of the molecule is CC(=O)N1CCN(C(=O)[C@H](C)N2CCC(c3cccc4cnccc34)CC2)CC1. The number of amides is 2. The molecule has 0 bridgehead atoms. The number of pyridine rings is 1. The van der Waals surface area contributed by atoms with Crippen molar-refractivity contribution in [3.8, 4) is 0 Å². The van der Waals surface area contributed by atoms with E-state index in [9.17, 15) is 9.59 Å². The third kappa shape index (κ3) is 4.13. The highest BCUT2D eigenvalue weighted by atomic mass is 16.2. The number of benzene rings is 1. The fourth-order valence-corrected chi connectivity index (χ4v) is 4.76. The van der Waals surface area contributed by atoms with Crippen LogP contribution in [0.4, 0.5) is 0 Å². The molecule has 2 saturated heterocycles. The first-order valence-corrected chi connectivity index (χ1v) is 10.7. The lowest BCUT2D eigenvalue weighted by Crippen LogP contribution is -2.55. The summed E-state index contributed by atoms with van der Waals surface area (Å²) in [4.78, 5) is 34.8. The molecule has 0 aliphatic carbocycles. The van der Waals surface area contributed by atoms with Crippen LogP contribution >= 0.6 is 0 Å². The van der Waals surface area contributed by atoms with Gasteiger partial charge in [0.2, 0.25) is 11.8 Å². The van der Waals surface area contributed by atoms with Crippen molar-refractivity contribution in [3.63, 3.8) is 0 Å². The topological polar surface area (TPSA) is 56.8 Å². The second-order valence-corrected chi connectivity index (χ2v) is 8.26. The van der Waals surface area contributed by atoms with E-state index in [1.165, 1.54) is 16.3 Å². The summed E-state index contributed by atoms with van der Waals surface area (Å²) >= 11 is 0. The van der Waals surface area contributed by atoms with Crippen LogP contribution in [-0.2, 0) is 9.59 Å². The largest absolute Gasteiger partial charge is 0.339 e. The van der Waals surface area contributed by atoms with Crippen molar-refractivity contribution in [2.75, 3.05) is 39.3 Å². The molecular formula is C23H30N4O2. The molecule has 0 N–H and O–H groups in total. The standard InChI is InChI=1S/C23H30N4O2/c1-17(23(29)27-14-12-26(13-15-27)18(2)28)25-10-7-19(8-11-25)21-5-3-4-20-16-24-9-6-22(20)21/h3-6,9,16-17,19H,7-8,10-15H2,1-2H3/t17-/m0/s1. The van der Waals surface area contributed by atoms with Gasteiger partial charge in [0.25, 0.3) is 0 Å². The molecule has 3 heterocycles. The lowest BCUT2D eigenvalue weighted by Gasteiger charge is -2.40. The van der Waals surface area contributed by atoms with Crippen LogP contribution in [0, 0.1) is 0 Å². The van der Waals surface area contributed by atoms with Gasteiger partial charge < -0.3 is 9.80 Å². The Labute approximate surface area is 172 Å². The number of hydrogen-bond acceptors (Lipinski definition) is 4. The molecule has 2 fully saturated rings. The number of aromatic nitrogens is 1. The Balaban J connectivity index is 1.35. The molecule has 2 aliphatic heterocycles. The van der Waals surface area contributed by atoms with E-state index < -0.39 is 0 Å². The van der Waals surface area contributed by atoms with E-state index in [-0.39, 0.29) is 17.9 Å². The van der Waals surface area contributed by atoms with E-state index in [0.717, 1.165) is 25.9 Å². The number of nitrogens with zero attached hydrogens (tertiary/aromatic N) is 4. The van der Waals surface area contributed by atoms with E-state index in [4.69, 9.17) is 0 Å². The number of likely N-dealkylation sites (tertiary alicyclic amines) is 1. The minimum atomic E-state index is -0.100. The zero-order chi connectivity index (χ0) is 20.4. The third-order valence-electron chi connectivity index (χ3n) is 6.63. The Hall–Kier alpha value is -2.47. The van der Waals surface area contributed by atoms with Crippen molar-refractivity contribution in [1.82, 2.24) is 19.7 Å². The lowest BCUT2D eigenvalue weighted by molar-refractivity contribution is -0.142. The van der Waals surface area contributed by atoms with Gasteiger partial charge in [-0.25, -0.2) is 0 Å². The van der Waals surface area contributed by atoms with Crippen molar-refractivity contribution in [1.29, 1.82) is 0 Å². The maximum Gasteiger partial charge on any atom is 0.239 e. The van der Waals surface area contributed by atoms with Crippen molar-refractivity contribution in [3.05, 3.63) is 42.2 Å². The average molecular weight is 395 g/mol. The highest BCUT2D eigenvalue weighted by Gasteiger charge is 2.31. The summed E-state index contributed by atoms with van der Waals surface area (Å²) in [6.45, 7) is 8.07. The Kier molecular flexibility index (Phi) is 5.81. The number of fused-ring (bicyclic) bond motifs is 1. The predicted molar refractivity (Wildman–Crippen MR) is 114 cm³/mol. The maximum absolute atomic E-state index is 13.0. The molecular weight excluding hydrogens is 364 g/mol. The summed E-state index contributed by atoms with van der Waals surface area (Å²) in [6, 6.07) is 8.50. The molecule has 0 unspecified atom stereocenters. The zero-order valence-corrected chi connectivity index (χ0v) is 17.4. The van der Waals surface area contributed by atoms with E-state index in [1.807, 2.05) is 29.1 Å². The Morgan fingerprint density at radius 1 is 1.00 bits per heavy atom. The molecule has 1 aromatic carbocycles. The van der Waals surface area contributed by atoms with Gasteiger partial charge >= 0.3 is 0 Å².